The Balaban J connectivity index is 2.20. The van der Waals surface area contributed by atoms with Gasteiger partial charge < -0.3 is 5.11 Å². The van der Waals surface area contributed by atoms with Crippen LogP contribution in [0.4, 0.5) is 46.5 Å². The Bertz CT molecular complexity index is 1460. The first kappa shape index (κ1) is 30.6. The molecule has 2 aromatic rings. The van der Waals surface area contributed by atoms with E-state index < -0.39 is 105 Å². The molecule has 41 heavy (non-hydrogen) atoms. The SMILES string of the molecule is [N-]=[N+]=Nc1c(F)c(F)c(C=C2CN(CCCC(=O)O)CC(=Cc3c(F)c(F)c(N=[N+]=[N-])c(F)c3F)C2=O)c(F)c1F. The number of likely N-dealkylation sites (tertiary alicyclic amines) is 1. The third-order valence-corrected chi connectivity index (χ3v) is 5.71. The second kappa shape index (κ2) is 12.5. The number of carbonyl (C=O) groups excluding carboxylic acids is 1. The van der Waals surface area contributed by atoms with Gasteiger partial charge in [0.1, 0.15) is 11.4 Å². The summed E-state index contributed by atoms with van der Waals surface area (Å²) in [5, 5.41) is 13.9. The van der Waals surface area contributed by atoms with Crippen LogP contribution in [0.2, 0.25) is 0 Å². The van der Waals surface area contributed by atoms with Crippen LogP contribution in [0.15, 0.2) is 21.4 Å². The number of carboxylic acid groups (broad SMARTS) is 1. The summed E-state index contributed by atoms with van der Waals surface area (Å²) in [7, 11) is 0. The molecular weight excluding hydrogens is 574 g/mol. The van der Waals surface area contributed by atoms with E-state index in [1.54, 1.807) is 0 Å². The van der Waals surface area contributed by atoms with Gasteiger partial charge in [0.15, 0.2) is 52.3 Å². The zero-order valence-corrected chi connectivity index (χ0v) is 20.1. The molecule has 0 aromatic heterocycles. The highest BCUT2D eigenvalue weighted by molar-refractivity contribution is 6.14. The number of azide groups is 2. The molecule has 1 aliphatic rings. The Labute approximate surface area is 223 Å². The van der Waals surface area contributed by atoms with Crippen molar-refractivity contribution in [3.63, 3.8) is 0 Å². The Morgan fingerprint density at radius 1 is 0.756 bits per heavy atom. The van der Waals surface area contributed by atoms with E-state index in [0.29, 0.717) is 12.2 Å². The Morgan fingerprint density at radius 2 is 1.12 bits per heavy atom. The lowest BCUT2D eigenvalue weighted by molar-refractivity contribution is -0.137. The fourth-order valence-electron chi connectivity index (χ4n) is 3.86. The van der Waals surface area contributed by atoms with E-state index in [1.807, 2.05) is 0 Å². The molecule has 0 radical (unpaired) electrons. The number of carbonyl (C=O) groups is 2. The zero-order valence-electron chi connectivity index (χ0n) is 20.1. The number of Topliss-reactive ketones (excluding diaryl/α,β-unsaturated/α-hetero) is 1. The molecule has 3 rings (SSSR count). The quantitative estimate of drug-likeness (QED) is 0.0891. The third-order valence-electron chi connectivity index (χ3n) is 5.71. The van der Waals surface area contributed by atoms with Gasteiger partial charge in [-0.1, -0.05) is 10.2 Å². The van der Waals surface area contributed by atoms with Gasteiger partial charge in [0, 0.05) is 40.5 Å². The van der Waals surface area contributed by atoms with Crippen LogP contribution in [-0.2, 0) is 9.59 Å². The van der Waals surface area contributed by atoms with Crippen LogP contribution in [0.1, 0.15) is 24.0 Å². The summed E-state index contributed by atoms with van der Waals surface area (Å²) in [6.07, 6.45) is 0.289. The maximum Gasteiger partial charge on any atom is 0.303 e. The predicted octanol–water partition coefficient (Wildman–Crippen LogP) is 6.90. The number of halogens is 8. The minimum absolute atomic E-state index is 0.0657. The lowest BCUT2D eigenvalue weighted by atomic mass is 9.93. The minimum Gasteiger partial charge on any atom is -0.481 e. The van der Waals surface area contributed by atoms with Crippen LogP contribution in [-0.4, -0.2) is 41.4 Å². The number of ketones is 1. The zero-order chi connectivity index (χ0) is 30.6. The summed E-state index contributed by atoms with van der Waals surface area (Å²) in [4.78, 5) is 29.4. The van der Waals surface area contributed by atoms with Crippen molar-refractivity contribution in [3.05, 3.63) is 89.7 Å². The van der Waals surface area contributed by atoms with Gasteiger partial charge in [0.25, 0.3) is 0 Å². The monoisotopic (exact) mass is 587 g/mol. The first-order valence-corrected chi connectivity index (χ1v) is 11.1. The van der Waals surface area contributed by atoms with Crippen LogP contribution < -0.4 is 0 Å². The Hall–Kier alpha value is -4.92. The van der Waals surface area contributed by atoms with Crippen molar-refractivity contribution in [2.45, 2.75) is 12.8 Å². The molecule has 0 spiro atoms. The highest BCUT2D eigenvalue weighted by Gasteiger charge is 2.31. The topological polar surface area (TPSA) is 155 Å². The molecule has 0 atom stereocenters. The highest BCUT2D eigenvalue weighted by Crippen LogP contribution is 2.35. The van der Waals surface area contributed by atoms with E-state index in [4.69, 9.17) is 16.2 Å². The number of piperidine rings is 1. The van der Waals surface area contributed by atoms with Crippen LogP contribution in [0.5, 0.6) is 0 Å². The molecule has 0 unspecified atom stereocenters. The van der Waals surface area contributed by atoms with Crippen LogP contribution in [0.3, 0.4) is 0 Å². The molecule has 10 nitrogen and oxygen atoms in total. The number of aliphatic carboxylic acids is 1. The van der Waals surface area contributed by atoms with Crippen molar-refractivity contribution in [1.82, 2.24) is 4.90 Å². The van der Waals surface area contributed by atoms with Crippen molar-refractivity contribution in [2.75, 3.05) is 19.6 Å². The van der Waals surface area contributed by atoms with Gasteiger partial charge in [-0.2, -0.15) is 0 Å². The van der Waals surface area contributed by atoms with Crippen LogP contribution >= 0.6 is 0 Å². The molecule has 0 saturated carbocycles. The fourth-order valence-corrected chi connectivity index (χ4v) is 3.86. The predicted molar refractivity (Wildman–Crippen MR) is 124 cm³/mol. The average molecular weight is 587 g/mol. The van der Waals surface area contributed by atoms with Gasteiger partial charge in [-0.05, 0) is 36.2 Å². The first-order chi connectivity index (χ1) is 19.3. The summed E-state index contributed by atoms with van der Waals surface area (Å²) in [5.74, 6) is -19.0. The number of nitrogens with zero attached hydrogens (tertiary/aromatic N) is 7. The maximum atomic E-state index is 14.6. The fraction of sp³-hybridized carbons (Fsp3) is 0.217. The van der Waals surface area contributed by atoms with Crippen molar-refractivity contribution < 1.29 is 49.8 Å². The van der Waals surface area contributed by atoms with Crippen molar-refractivity contribution >= 4 is 35.3 Å². The standard InChI is InChI=1S/C23H13F8N7O3/c24-13-10(14(25)18(29)21(17(13)28)34-36-32)4-8-6-38(3-1-2-12(39)40)7-9(23(8)41)5-11-15(26)19(30)22(35-37-33)20(31)16(11)27/h4-5H,1-3,6-7H2,(H,39,40). The van der Waals surface area contributed by atoms with Crippen molar-refractivity contribution in [3.8, 4) is 0 Å². The Morgan fingerprint density at radius 3 is 1.44 bits per heavy atom. The number of hydrogen-bond acceptors (Lipinski definition) is 5. The molecule has 1 heterocycles. The second-order valence-corrected chi connectivity index (χ2v) is 8.29. The van der Waals surface area contributed by atoms with Crippen LogP contribution in [0.25, 0.3) is 33.0 Å². The molecule has 1 N–H and O–H groups in total. The smallest absolute Gasteiger partial charge is 0.303 e. The molecule has 0 aliphatic carbocycles. The molecule has 0 bridgehead atoms. The molecule has 0 amide bonds. The maximum absolute atomic E-state index is 14.6. The Kier molecular flexibility index (Phi) is 9.34. The molecule has 2 aromatic carbocycles. The number of hydrogen-bond donors (Lipinski definition) is 1. The van der Waals surface area contributed by atoms with Gasteiger partial charge in [0.2, 0.25) is 0 Å². The lowest BCUT2D eigenvalue weighted by Crippen LogP contribution is -2.38. The number of carboxylic acids is 1. The molecule has 214 valence electrons. The van der Waals surface area contributed by atoms with E-state index in [-0.39, 0.29) is 19.4 Å². The normalized spacial score (nSPS) is 15.7. The van der Waals surface area contributed by atoms with E-state index in [0.717, 1.165) is 0 Å². The summed E-state index contributed by atoms with van der Waals surface area (Å²) in [5.41, 5.74) is 9.36. The van der Waals surface area contributed by atoms with E-state index >= 15 is 0 Å². The molecular formula is C23H13F8N7O3. The van der Waals surface area contributed by atoms with Crippen LogP contribution in [0, 0.1) is 46.5 Å². The summed E-state index contributed by atoms with van der Waals surface area (Å²) >= 11 is 0. The number of benzene rings is 2. The molecule has 1 aliphatic heterocycles. The summed E-state index contributed by atoms with van der Waals surface area (Å²) in [6, 6.07) is 0. The highest BCUT2D eigenvalue weighted by atomic mass is 19.2. The summed E-state index contributed by atoms with van der Waals surface area (Å²) < 4.78 is 115. The van der Waals surface area contributed by atoms with E-state index in [9.17, 15) is 44.7 Å². The number of rotatable bonds is 8. The van der Waals surface area contributed by atoms with E-state index in [1.165, 1.54) is 4.90 Å². The lowest BCUT2D eigenvalue weighted by Gasteiger charge is -2.29. The molecule has 18 heteroatoms. The summed E-state index contributed by atoms with van der Waals surface area (Å²) in [6.45, 7) is -1.17. The molecule has 1 fully saturated rings. The van der Waals surface area contributed by atoms with Gasteiger partial charge in [-0.25, -0.2) is 35.1 Å². The minimum atomic E-state index is -2.10. The van der Waals surface area contributed by atoms with Gasteiger partial charge in [-0.3, -0.25) is 14.5 Å². The second-order valence-electron chi connectivity index (χ2n) is 8.29. The van der Waals surface area contributed by atoms with Gasteiger partial charge in [-0.15, -0.1) is 0 Å². The third kappa shape index (κ3) is 6.14. The molecule has 1 saturated heterocycles. The largest absolute Gasteiger partial charge is 0.481 e. The van der Waals surface area contributed by atoms with Gasteiger partial charge >= 0.3 is 5.97 Å². The first-order valence-electron chi connectivity index (χ1n) is 11.1. The van der Waals surface area contributed by atoms with Gasteiger partial charge in [0.05, 0.1) is 11.1 Å². The van der Waals surface area contributed by atoms with Crippen molar-refractivity contribution in [1.29, 1.82) is 0 Å². The average Bonchev–Trinajstić information content (AvgIpc) is 2.93. The van der Waals surface area contributed by atoms with Crippen molar-refractivity contribution in [2.24, 2.45) is 10.2 Å². The van der Waals surface area contributed by atoms with E-state index in [2.05, 4.69) is 20.1 Å².